The highest BCUT2D eigenvalue weighted by Crippen LogP contribution is 2.42. The molecule has 8 aromatic rings. The Balaban J connectivity index is 1.45. The van der Waals surface area contributed by atoms with Crippen molar-refractivity contribution in [3.05, 3.63) is 127 Å². The molecule has 3 aromatic heterocycles. The third-order valence-corrected chi connectivity index (χ3v) is 8.49. The standard InChI is InChI=1S/C35H21N3S/c1-3-11-22(12-4-1)29-21-30(23-13-5-2-6-14-23)38-35(37-29)33-26-17-8-7-16-25(26)32-28(36-33)20-19-27-24-15-9-10-18-31(24)39-34(27)32/h1-21H. The van der Waals surface area contributed by atoms with Gasteiger partial charge in [0, 0.05) is 42.1 Å². The second-order valence-corrected chi connectivity index (χ2v) is 10.7. The smallest absolute Gasteiger partial charge is 0.179 e. The van der Waals surface area contributed by atoms with Crippen LogP contribution in [0.2, 0.25) is 0 Å². The van der Waals surface area contributed by atoms with E-state index < -0.39 is 0 Å². The zero-order valence-electron chi connectivity index (χ0n) is 20.9. The van der Waals surface area contributed by atoms with Crippen LogP contribution < -0.4 is 0 Å². The van der Waals surface area contributed by atoms with Crippen LogP contribution in [-0.4, -0.2) is 15.0 Å². The molecule has 0 fully saturated rings. The van der Waals surface area contributed by atoms with Gasteiger partial charge in [-0.05, 0) is 23.6 Å². The first-order valence-corrected chi connectivity index (χ1v) is 13.8. The van der Waals surface area contributed by atoms with Crippen molar-refractivity contribution in [2.45, 2.75) is 0 Å². The van der Waals surface area contributed by atoms with E-state index in [1.807, 2.05) is 47.7 Å². The van der Waals surface area contributed by atoms with Gasteiger partial charge in [0.1, 0.15) is 5.69 Å². The molecule has 0 aliphatic carbocycles. The molecule has 0 spiro atoms. The molecule has 0 aliphatic heterocycles. The minimum atomic E-state index is 0.629. The van der Waals surface area contributed by atoms with Gasteiger partial charge in [0.2, 0.25) is 0 Å². The van der Waals surface area contributed by atoms with E-state index in [9.17, 15) is 0 Å². The molecule has 39 heavy (non-hydrogen) atoms. The van der Waals surface area contributed by atoms with Crippen LogP contribution in [0.1, 0.15) is 0 Å². The summed E-state index contributed by atoms with van der Waals surface area (Å²) in [6.45, 7) is 0. The highest BCUT2D eigenvalue weighted by Gasteiger charge is 2.18. The summed E-state index contributed by atoms with van der Waals surface area (Å²) in [5, 5.41) is 5.98. The van der Waals surface area contributed by atoms with Crippen LogP contribution in [0.4, 0.5) is 0 Å². The van der Waals surface area contributed by atoms with Crippen LogP contribution in [-0.2, 0) is 0 Å². The van der Waals surface area contributed by atoms with Crippen LogP contribution in [0.5, 0.6) is 0 Å². The van der Waals surface area contributed by atoms with Gasteiger partial charge in [-0.2, -0.15) is 0 Å². The molecule has 0 aliphatic rings. The third-order valence-electron chi connectivity index (χ3n) is 7.29. The van der Waals surface area contributed by atoms with Gasteiger partial charge in [-0.15, -0.1) is 11.3 Å². The predicted molar refractivity (Wildman–Crippen MR) is 164 cm³/mol. The van der Waals surface area contributed by atoms with Gasteiger partial charge < -0.3 is 0 Å². The average Bonchev–Trinajstić information content (AvgIpc) is 3.40. The minimum absolute atomic E-state index is 0.629. The Morgan fingerprint density at radius 1 is 0.462 bits per heavy atom. The van der Waals surface area contributed by atoms with Crippen LogP contribution in [0.3, 0.4) is 0 Å². The number of rotatable bonds is 3. The van der Waals surface area contributed by atoms with Crippen molar-refractivity contribution in [3.8, 4) is 34.0 Å². The van der Waals surface area contributed by atoms with Crippen molar-refractivity contribution in [3.63, 3.8) is 0 Å². The molecular formula is C35H21N3S. The minimum Gasteiger partial charge on any atom is -0.244 e. The molecule has 0 unspecified atom stereocenters. The fourth-order valence-corrected chi connectivity index (χ4v) is 6.72. The molecule has 4 heteroatoms. The van der Waals surface area contributed by atoms with Crippen molar-refractivity contribution >= 4 is 53.2 Å². The van der Waals surface area contributed by atoms with Crippen LogP contribution in [0, 0.1) is 0 Å². The van der Waals surface area contributed by atoms with Gasteiger partial charge in [0.05, 0.1) is 16.9 Å². The lowest BCUT2D eigenvalue weighted by Crippen LogP contribution is -1.99. The summed E-state index contributed by atoms with van der Waals surface area (Å²) < 4.78 is 2.56. The number of hydrogen-bond donors (Lipinski definition) is 0. The van der Waals surface area contributed by atoms with Gasteiger partial charge in [-0.3, -0.25) is 0 Å². The van der Waals surface area contributed by atoms with Crippen molar-refractivity contribution in [2.24, 2.45) is 0 Å². The first-order valence-electron chi connectivity index (χ1n) is 13.0. The topological polar surface area (TPSA) is 38.7 Å². The second kappa shape index (κ2) is 8.83. The Labute approximate surface area is 229 Å². The lowest BCUT2D eigenvalue weighted by molar-refractivity contribution is 1.16. The molecule has 3 heterocycles. The molecule has 8 rings (SSSR count). The maximum Gasteiger partial charge on any atom is 0.179 e. The van der Waals surface area contributed by atoms with Gasteiger partial charge in [-0.25, -0.2) is 15.0 Å². The lowest BCUT2D eigenvalue weighted by atomic mass is 10.0. The first kappa shape index (κ1) is 22.1. The maximum absolute atomic E-state index is 5.25. The first-order chi connectivity index (χ1) is 19.3. The van der Waals surface area contributed by atoms with Gasteiger partial charge in [0.25, 0.3) is 0 Å². The Morgan fingerprint density at radius 3 is 1.74 bits per heavy atom. The Bertz CT molecular complexity index is 2110. The van der Waals surface area contributed by atoms with Crippen LogP contribution in [0.25, 0.3) is 75.9 Å². The quantitative estimate of drug-likeness (QED) is 0.220. The molecule has 5 aromatic carbocycles. The van der Waals surface area contributed by atoms with Crippen LogP contribution in [0.15, 0.2) is 127 Å². The molecule has 182 valence electrons. The summed E-state index contributed by atoms with van der Waals surface area (Å²) in [6, 6.07) is 44.1. The van der Waals surface area contributed by atoms with E-state index in [2.05, 4.69) is 91.0 Å². The number of nitrogens with zero attached hydrogens (tertiary/aromatic N) is 3. The van der Waals surface area contributed by atoms with E-state index >= 15 is 0 Å². The lowest BCUT2D eigenvalue weighted by Gasteiger charge is -2.12. The SMILES string of the molecule is c1ccc(-c2cc(-c3ccccc3)nc(-c3nc4ccc5c6ccccc6sc5c4c4ccccc34)n2)cc1. The summed E-state index contributed by atoms with van der Waals surface area (Å²) >= 11 is 1.84. The van der Waals surface area contributed by atoms with Crippen molar-refractivity contribution in [1.82, 2.24) is 15.0 Å². The van der Waals surface area contributed by atoms with Crippen molar-refractivity contribution in [2.75, 3.05) is 0 Å². The number of thiophene rings is 1. The summed E-state index contributed by atoms with van der Waals surface area (Å²) in [5.41, 5.74) is 5.62. The normalized spacial score (nSPS) is 11.6. The zero-order chi connectivity index (χ0) is 25.8. The van der Waals surface area contributed by atoms with Crippen LogP contribution >= 0.6 is 11.3 Å². The Hall–Kier alpha value is -4.93. The van der Waals surface area contributed by atoms with Crippen molar-refractivity contribution < 1.29 is 0 Å². The Morgan fingerprint density at radius 2 is 1.05 bits per heavy atom. The van der Waals surface area contributed by atoms with Gasteiger partial charge in [0.15, 0.2) is 5.82 Å². The largest absolute Gasteiger partial charge is 0.244 e. The summed E-state index contributed by atoms with van der Waals surface area (Å²) in [4.78, 5) is 15.4. The number of fused-ring (bicyclic) bond motifs is 7. The van der Waals surface area contributed by atoms with E-state index in [4.69, 9.17) is 15.0 Å². The molecule has 0 bridgehead atoms. The van der Waals surface area contributed by atoms with E-state index in [1.165, 1.54) is 30.9 Å². The number of hydrogen-bond acceptors (Lipinski definition) is 4. The third kappa shape index (κ3) is 3.61. The maximum atomic E-state index is 5.25. The fourth-order valence-electron chi connectivity index (χ4n) is 5.46. The highest BCUT2D eigenvalue weighted by atomic mass is 32.1. The van der Waals surface area contributed by atoms with Gasteiger partial charge in [-0.1, -0.05) is 109 Å². The number of aromatic nitrogens is 3. The molecule has 0 radical (unpaired) electrons. The highest BCUT2D eigenvalue weighted by molar-refractivity contribution is 7.26. The van der Waals surface area contributed by atoms with Gasteiger partial charge >= 0.3 is 0 Å². The van der Waals surface area contributed by atoms with E-state index in [1.54, 1.807) is 0 Å². The van der Waals surface area contributed by atoms with Crippen molar-refractivity contribution in [1.29, 1.82) is 0 Å². The summed E-state index contributed by atoms with van der Waals surface area (Å²) in [6.07, 6.45) is 0. The summed E-state index contributed by atoms with van der Waals surface area (Å²) in [7, 11) is 0. The molecule has 0 saturated heterocycles. The fraction of sp³-hybridized carbons (Fsp3) is 0. The molecule has 0 saturated carbocycles. The number of benzene rings is 5. The molecular weight excluding hydrogens is 494 g/mol. The second-order valence-electron chi connectivity index (χ2n) is 9.63. The summed E-state index contributed by atoms with van der Waals surface area (Å²) in [5.74, 6) is 0.629. The van der Waals surface area contributed by atoms with E-state index in [0.29, 0.717) is 5.82 Å². The molecule has 0 N–H and O–H groups in total. The zero-order valence-corrected chi connectivity index (χ0v) is 21.7. The molecule has 3 nitrogen and oxygen atoms in total. The molecule has 0 atom stereocenters. The molecule has 0 amide bonds. The Kier molecular flexibility index (Phi) is 5.00. The average molecular weight is 516 g/mol. The number of pyridine rings is 1. The van der Waals surface area contributed by atoms with E-state index in [0.717, 1.165) is 39.1 Å². The predicted octanol–water partition coefficient (Wildman–Crippen LogP) is 9.55. The monoisotopic (exact) mass is 515 g/mol. The van der Waals surface area contributed by atoms with E-state index in [-0.39, 0.29) is 0 Å².